The molecule has 1 aromatic heterocycles. The number of imidazole rings is 1. The number of aromatic nitrogens is 2. The van der Waals surface area contributed by atoms with E-state index in [0.29, 0.717) is 0 Å². The van der Waals surface area contributed by atoms with Gasteiger partial charge in [-0.2, -0.15) is 0 Å². The highest BCUT2D eigenvalue weighted by atomic mass is 15.7. The maximum absolute atomic E-state index is 4.84. The molecule has 4 rings (SSSR count). The van der Waals surface area contributed by atoms with Crippen molar-refractivity contribution in [1.29, 1.82) is 0 Å². The van der Waals surface area contributed by atoms with Crippen LogP contribution in [0.3, 0.4) is 0 Å². The second-order valence-electron chi connectivity index (χ2n) is 5.57. The van der Waals surface area contributed by atoms with E-state index in [9.17, 15) is 0 Å². The minimum atomic E-state index is 0.234. The first kappa shape index (κ1) is 12.3. The maximum atomic E-state index is 4.84. The summed E-state index contributed by atoms with van der Waals surface area (Å²) in [5.41, 5.74) is 4.66. The average molecular weight is 278 g/mol. The van der Waals surface area contributed by atoms with E-state index >= 15 is 0 Å². The van der Waals surface area contributed by atoms with Gasteiger partial charge in [-0.3, -0.25) is 9.91 Å². The second-order valence-corrected chi connectivity index (χ2v) is 5.57. The van der Waals surface area contributed by atoms with Crippen LogP contribution >= 0.6 is 0 Å². The van der Waals surface area contributed by atoms with Crippen molar-refractivity contribution >= 4 is 22.7 Å². The van der Waals surface area contributed by atoms with Crippen molar-refractivity contribution in [3.8, 4) is 0 Å². The highest BCUT2D eigenvalue weighted by Gasteiger charge is 2.35. The molecule has 1 aliphatic heterocycles. The molecule has 0 amide bonds. The summed E-state index contributed by atoms with van der Waals surface area (Å²) in [6.45, 7) is 4.35. The molecule has 0 fully saturated rings. The van der Waals surface area contributed by atoms with E-state index in [1.165, 1.54) is 11.3 Å². The van der Waals surface area contributed by atoms with Crippen LogP contribution in [0.15, 0.2) is 48.5 Å². The molecule has 106 valence electrons. The van der Waals surface area contributed by atoms with Crippen molar-refractivity contribution in [3.63, 3.8) is 0 Å². The maximum Gasteiger partial charge on any atom is 0.232 e. The van der Waals surface area contributed by atoms with Gasteiger partial charge >= 0.3 is 0 Å². The summed E-state index contributed by atoms with van der Waals surface area (Å²) in [6, 6.07) is 16.7. The highest BCUT2D eigenvalue weighted by molar-refractivity contribution is 5.82. The van der Waals surface area contributed by atoms with Gasteiger partial charge in [0.15, 0.2) is 0 Å². The van der Waals surface area contributed by atoms with Crippen LogP contribution < -0.4 is 9.91 Å². The number of rotatable bonds is 1. The molecule has 0 saturated carbocycles. The molecule has 4 nitrogen and oxygen atoms in total. The van der Waals surface area contributed by atoms with Gasteiger partial charge in [-0.15, -0.1) is 0 Å². The zero-order valence-corrected chi connectivity index (χ0v) is 12.5. The second kappa shape index (κ2) is 4.25. The van der Waals surface area contributed by atoms with Gasteiger partial charge in [0.2, 0.25) is 5.95 Å². The number of hydrogen-bond acceptors (Lipinski definition) is 3. The van der Waals surface area contributed by atoms with Crippen molar-refractivity contribution in [2.45, 2.75) is 20.0 Å². The Morgan fingerprint density at radius 2 is 1.71 bits per heavy atom. The molecule has 0 saturated heterocycles. The van der Waals surface area contributed by atoms with Crippen molar-refractivity contribution in [2.75, 3.05) is 17.0 Å². The van der Waals surface area contributed by atoms with Crippen LogP contribution in [0.5, 0.6) is 0 Å². The number of benzene rings is 2. The molecule has 0 radical (unpaired) electrons. The van der Waals surface area contributed by atoms with Gasteiger partial charge < -0.3 is 0 Å². The van der Waals surface area contributed by atoms with E-state index < -0.39 is 0 Å². The van der Waals surface area contributed by atoms with Gasteiger partial charge in [0.1, 0.15) is 6.17 Å². The highest BCUT2D eigenvalue weighted by Crippen LogP contribution is 2.37. The zero-order chi connectivity index (χ0) is 14.6. The van der Waals surface area contributed by atoms with Gasteiger partial charge in [0.05, 0.1) is 11.0 Å². The number of para-hydroxylation sites is 3. The molecule has 0 unspecified atom stereocenters. The van der Waals surface area contributed by atoms with Gasteiger partial charge in [0, 0.05) is 12.7 Å². The first-order valence-electron chi connectivity index (χ1n) is 7.24. The van der Waals surface area contributed by atoms with E-state index in [1.54, 1.807) is 0 Å². The smallest absolute Gasteiger partial charge is 0.232 e. The molecule has 0 spiro atoms. The third-order valence-corrected chi connectivity index (χ3v) is 4.34. The average Bonchev–Trinajstić information content (AvgIpc) is 2.97. The summed E-state index contributed by atoms with van der Waals surface area (Å²) in [4.78, 5) is 7.14. The fourth-order valence-corrected chi connectivity index (χ4v) is 3.11. The SMILES string of the molecule is Cc1ccccc1N1c2nc3ccccc3n2N(C)[C@@H]1C. The molecule has 2 heterocycles. The van der Waals surface area contributed by atoms with Crippen LogP contribution in [0.2, 0.25) is 0 Å². The summed E-state index contributed by atoms with van der Waals surface area (Å²) < 4.78 is 2.20. The minimum absolute atomic E-state index is 0.234. The third kappa shape index (κ3) is 1.59. The van der Waals surface area contributed by atoms with Gasteiger partial charge in [-0.1, -0.05) is 30.3 Å². The number of nitrogens with zero attached hydrogens (tertiary/aromatic N) is 4. The van der Waals surface area contributed by atoms with E-state index in [0.717, 1.165) is 17.0 Å². The molecule has 0 aliphatic carbocycles. The Bertz CT molecular complexity index is 821. The molecule has 4 heteroatoms. The van der Waals surface area contributed by atoms with Crippen LogP contribution in [-0.2, 0) is 0 Å². The predicted molar refractivity (Wildman–Crippen MR) is 86.7 cm³/mol. The Hall–Kier alpha value is -2.49. The summed E-state index contributed by atoms with van der Waals surface area (Å²) in [5.74, 6) is 0.987. The number of fused-ring (bicyclic) bond motifs is 3. The van der Waals surface area contributed by atoms with Crippen molar-refractivity contribution in [2.24, 2.45) is 0 Å². The Kier molecular flexibility index (Phi) is 2.48. The van der Waals surface area contributed by atoms with E-state index in [-0.39, 0.29) is 6.17 Å². The lowest BCUT2D eigenvalue weighted by Gasteiger charge is -2.27. The van der Waals surface area contributed by atoms with Crippen molar-refractivity contribution in [1.82, 2.24) is 9.66 Å². The molecule has 1 aliphatic rings. The molecular weight excluding hydrogens is 260 g/mol. The number of anilines is 2. The van der Waals surface area contributed by atoms with E-state index in [1.807, 2.05) is 6.07 Å². The van der Waals surface area contributed by atoms with Gasteiger partial charge in [0.25, 0.3) is 0 Å². The fraction of sp³-hybridized carbons (Fsp3) is 0.235. The Morgan fingerprint density at radius 1 is 1.00 bits per heavy atom. The monoisotopic (exact) mass is 278 g/mol. The van der Waals surface area contributed by atoms with Crippen LogP contribution in [-0.4, -0.2) is 22.9 Å². The van der Waals surface area contributed by atoms with Crippen LogP contribution in [0.4, 0.5) is 11.6 Å². The first-order valence-corrected chi connectivity index (χ1v) is 7.24. The normalized spacial score (nSPS) is 17.6. The molecule has 0 N–H and O–H groups in total. The lowest BCUT2D eigenvalue weighted by Crippen LogP contribution is -2.39. The van der Waals surface area contributed by atoms with Gasteiger partial charge in [-0.05, 0) is 37.6 Å². The number of aryl methyl sites for hydroxylation is 1. The van der Waals surface area contributed by atoms with Crippen LogP contribution in [0, 0.1) is 6.92 Å². The largest absolute Gasteiger partial charge is 0.290 e. The van der Waals surface area contributed by atoms with Gasteiger partial charge in [-0.25, -0.2) is 9.66 Å². The first-order chi connectivity index (χ1) is 10.2. The molecular formula is C17H18N4. The quantitative estimate of drug-likeness (QED) is 0.682. The summed E-state index contributed by atoms with van der Waals surface area (Å²) in [6.07, 6.45) is 0.234. The Balaban J connectivity index is 1.98. The molecule has 0 bridgehead atoms. The fourth-order valence-electron chi connectivity index (χ4n) is 3.11. The van der Waals surface area contributed by atoms with E-state index in [4.69, 9.17) is 4.98 Å². The summed E-state index contributed by atoms with van der Waals surface area (Å²) >= 11 is 0. The van der Waals surface area contributed by atoms with Crippen molar-refractivity contribution in [3.05, 3.63) is 54.1 Å². The number of hydrogen-bond donors (Lipinski definition) is 0. The summed E-state index contributed by atoms with van der Waals surface area (Å²) in [7, 11) is 2.11. The molecule has 2 aromatic carbocycles. The Labute approximate surface area is 124 Å². The zero-order valence-electron chi connectivity index (χ0n) is 12.5. The minimum Gasteiger partial charge on any atom is -0.290 e. The summed E-state index contributed by atoms with van der Waals surface area (Å²) in [5, 5.41) is 2.23. The third-order valence-electron chi connectivity index (χ3n) is 4.34. The lowest BCUT2D eigenvalue weighted by atomic mass is 10.2. The van der Waals surface area contributed by atoms with E-state index in [2.05, 4.69) is 77.9 Å². The molecule has 3 aromatic rings. The molecule has 21 heavy (non-hydrogen) atoms. The van der Waals surface area contributed by atoms with Crippen LogP contribution in [0.1, 0.15) is 12.5 Å². The Morgan fingerprint density at radius 3 is 2.52 bits per heavy atom. The van der Waals surface area contributed by atoms with Crippen molar-refractivity contribution < 1.29 is 0 Å². The molecule has 1 atom stereocenters. The topological polar surface area (TPSA) is 24.3 Å². The lowest BCUT2D eigenvalue weighted by molar-refractivity contribution is 0.633. The predicted octanol–water partition coefficient (Wildman–Crippen LogP) is 3.41. The van der Waals surface area contributed by atoms with Crippen LogP contribution in [0.25, 0.3) is 11.0 Å². The standard InChI is InChI=1S/C17H18N4/c1-12-8-4-6-10-15(12)20-13(2)19(3)21-16-11-7-5-9-14(16)18-17(20)21/h4-11,13H,1-3H3/t13-/m0/s1.